The van der Waals surface area contributed by atoms with Crippen LogP contribution in [-0.2, 0) is 12.8 Å². The number of nitrogens with zero attached hydrogens (tertiary/aromatic N) is 6. The standard InChI is InChI=1S/C22H24N6/c1-15-9-16(2)24-18(10-15)13-20-25-19(14-22(26-20)27(3)4)11-17-5-7-28-8-6-23-21(28)12-17/h5-10,12,14H,11,13H2,1-4H3. The normalized spacial score (nSPS) is 11.1. The summed E-state index contributed by atoms with van der Waals surface area (Å²) in [5, 5.41) is 0. The molecule has 0 aliphatic carbocycles. The van der Waals surface area contributed by atoms with Gasteiger partial charge in [0.05, 0.1) is 12.1 Å². The molecule has 0 fully saturated rings. The van der Waals surface area contributed by atoms with E-state index in [-0.39, 0.29) is 0 Å². The second kappa shape index (κ2) is 7.38. The van der Waals surface area contributed by atoms with Crippen LogP contribution in [0.3, 0.4) is 0 Å². The Morgan fingerprint density at radius 3 is 2.50 bits per heavy atom. The summed E-state index contributed by atoms with van der Waals surface area (Å²) in [4.78, 5) is 20.6. The molecule has 0 aliphatic rings. The van der Waals surface area contributed by atoms with Crippen LogP contribution in [0.2, 0.25) is 0 Å². The largest absolute Gasteiger partial charge is 0.363 e. The van der Waals surface area contributed by atoms with E-state index in [0.29, 0.717) is 6.42 Å². The minimum Gasteiger partial charge on any atom is -0.363 e. The number of rotatable bonds is 5. The number of aryl methyl sites for hydroxylation is 2. The maximum atomic E-state index is 4.83. The fraction of sp³-hybridized carbons (Fsp3) is 0.273. The van der Waals surface area contributed by atoms with Crippen LogP contribution in [0, 0.1) is 13.8 Å². The van der Waals surface area contributed by atoms with E-state index in [1.165, 1.54) is 11.1 Å². The molecule has 4 heterocycles. The van der Waals surface area contributed by atoms with Crippen LogP contribution >= 0.6 is 0 Å². The topological polar surface area (TPSA) is 59.2 Å². The molecule has 0 unspecified atom stereocenters. The molecule has 0 aliphatic heterocycles. The lowest BCUT2D eigenvalue weighted by atomic mass is 10.1. The molecule has 6 nitrogen and oxygen atoms in total. The van der Waals surface area contributed by atoms with Crippen LogP contribution in [0.25, 0.3) is 5.65 Å². The van der Waals surface area contributed by atoms with E-state index in [9.17, 15) is 0 Å². The van der Waals surface area contributed by atoms with Gasteiger partial charge in [-0.2, -0.15) is 0 Å². The molecule has 0 bridgehead atoms. The Kier molecular flexibility index (Phi) is 4.77. The van der Waals surface area contributed by atoms with E-state index >= 15 is 0 Å². The Bertz CT molecular complexity index is 1110. The van der Waals surface area contributed by atoms with Crippen molar-refractivity contribution in [2.75, 3.05) is 19.0 Å². The number of fused-ring (bicyclic) bond motifs is 1. The second-order valence-corrected chi connectivity index (χ2v) is 7.39. The molecule has 4 rings (SSSR count). The Morgan fingerprint density at radius 1 is 0.893 bits per heavy atom. The minimum absolute atomic E-state index is 0.622. The first-order valence-corrected chi connectivity index (χ1v) is 9.36. The van der Waals surface area contributed by atoms with Gasteiger partial charge in [-0.3, -0.25) is 4.98 Å². The molecular formula is C22H24N6. The average Bonchev–Trinajstić information content (AvgIpc) is 3.08. The molecule has 4 aromatic heterocycles. The maximum Gasteiger partial charge on any atom is 0.136 e. The number of pyridine rings is 2. The van der Waals surface area contributed by atoms with Crippen molar-refractivity contribution in [3.63, 3.8) is 0 Å². The summed E-state index contributed by atoms with van der Waals surface area (Å²) in [6.07, 6.45) is 7.15. The van der Waals surface area contributed by atoms with Gasteiger partial charge in [-0.1, -0.05) is 0 Å². The molecule has 4 aromatic rings. The van der Waals surface area contributed by atoms with Crippen LogP contribution in [0.1, 0.15) is 34.0 Å². The zero-order chi connectivity index (χ0) is 19.7. The highest BCUT2D eigenvalue weighted by atomic mass is 15.1. The summed E-state index contributed by atoms with van der Waals surface area (Å²) in [6.45, 7) is 4.11. The molecule has 0 atom stereocenters. The van der Waals surface area contributed by atoms with Gasteiger partial charge < -0.3 is 9.30 Å². The summed E-state index contributed by atoms with van der Waals surface area (Å²) >= 11 is 0. The van der Waals surface area contributed by atoms with Crippen molar-refractivity contribution in [1.29, 1.82) is 0 Å². The third kappa shape index (κ3) is 4.01. The highest BCUT2D eigenvalue weighted by molar-refractivity contribution is 5.44. The number of imidazole rings is 1. The van der Waals surface area contributed by atoms with E-state index in [2.05, 4.69) is 41.2 Å². The van der Waals surface area contributed by atoms with Crippen LogP contribution < -0.4 is 4.90 Å². The van der Waals surface area contributed by atoms with Gasteiger partial charge in [0, 0.05) is 56.6 Å². The van der Waals surface area contributed by atoms with Gasteiger partial charge in [-0.05, 0) is 49.2 Å². The van der Waals surface area contributed by atoms with E-state index in [1.807, 2.05) is 55.0 Å². The average molecular weight is 372 g/mol. The molecule has 0 N–H and O–H groups in total. The zero-order valence-corrected chi connectivity index (χ0v) is 16.7. The quantitative estimate of drug-likeness (QED) is 0.537. The predicted molar refractivity (Wildman–Crippen MR) is 111 cm³/mol. The highest BCUT2D eigenvalue weighted by Gasteiger charge is 2.10. The third-order valence-corrected chi connectivity index (χ3v) is 4.61. The fourth-order valence-corrected chi connectivity index (χ4v) is 3.38. The lowest BCUT2D eigenvalue weighted by Crippen LogP contribution is -2.14. The number of aromatic nitrogens is 5. The lowest BCUT2D eigenvalue weighted by Gasteiger charge is -2.14. The van der Waals surface area contributed by atoms with Gasteiger partial charge in [-0.25, -0.2) is 15.0 Å². The zero-order valence-electron chi connectivity index (χ0n) is 16.7. The number of anilines is 1. The smallest absolute Gasteiger partial charge is 0.136 e. The first-order chi connectivity index (χ1) is 13.5. The third-order valence-electron chi connectivity index (χ3n) is 4.61. The van der Waals surface area contributed by atoms with Gasteiger partial charge in [-0.15, -0.1) is 0 Å². The summed E-state index contributed by atoms with van der Waals surface area (Å²) in [5.41, 5.74) is 6.34. The van der Waals surface area contributed by atoms with Crippen molar-refractivity contribution < 1.29 is 0 Å². The molecule has 0 spiro atoms. The molecule has 0 saturated heterocycles. The summed E-state index contributed by atoms with van der Waals surface area (Å²) in [5.74, 6) is 1.70. The molecular weight excluding hydrogens is 348 g/mol. The van der Waals surface area contributed by atoms with Crippen LogP contribution in [0.15, 0.2) is 48.9 Å². The lowest BCUT2D eigenvalue weighted by molar-refractivity contribution is 0.875. The summed E-state index contributed by atoms with van der Waals surface area (Å²) < 4.78 is 2.01. The van der Waals surface area contributed by atoms with Crippen molar-refractivity contribution in [2.45, 2.75) is 26.7 Å². The van der Waals surface area contributed by atoms with Crippen LogP contribution in [0.5, 0.6) is 0 Å². The van der Waals surface area contributed by atoms with Crippen LogP contribution in [-0.4, -0.2) is 38.4 Å². The van der Waals surface area contributed by atoms with Gasteiger partial charge in [0.1, 0.15) is 17.3 Å². The SMILES string of the molecule is Cc1cc(C)nc(Cc2nc(Cc3ccn4ccnc4c3)cc(N(C)C)n2)c1. The van der Waals surface area contributed by atoms with Gasteiger partial charge in [0.15, 0.2) is 0 Å². The van der Waals surface area contributed by atoms with Crippen LogP contribution in [0.4, 0.5) is 5.82 Å². The number of hydrogen-bond acceptors (Lipinski definition) is 5. The molecule has 142 valence electrons. The van der Waals surface area contributed by atoms with Crippen molar-refractivity contribution >= 4 is 11.5 Å². The second-order valence-electron chi connectivity index (χ2n) is 7.39. The van der Waals surface area contributed by atoms with Crippen molar-refractivity contribution in [1.82, 2.24) is 24.3 Å². The maximum absolute atomic E-state index is 4.83. The van der Waals surface area contributed by atoms with Gasteiger partial charge >= 0.3 is 0 Å². The Morgan fingerprint density at radius 2 is 1.71 bits per heavy atom. The van der Waals surface area contributed by atoms with E-state index in [4.69, 9.17) is 9.97 Å². The van der Waals surface area contributed by atoms with Gasteiger partial charge in [0.2, 0.25) is 0 Å². The Hall–Kier alpha value is -3.28. The molecule has 6 heteroatoms. The summed E-state index contributed by atoms with van der Waals surface area (Å²) in [6, 6.07) is 10.4. The van der Waals surface area contributed by atoms with E-state index < -0.39 is 0 Å². The van der Waals surface area contributed by atoms with Crippen molar-refractivity contribution in [3.8, 4) is 0 Å². The van der Waals surface area contributed by atoms with E-state index in [0.717, 1.165) is 40.8 Å². The van der Waals surface area contributed by atoms with Crippen molar-refractivity contribution in [3.05, 3.63) is 83.0 Å². The monoisotopic (exact) mass is 372 g/mol. The minimum atomic E-state index is 0.622. The highest BCUT2D eigenvalue weighted by Crippen LogP contribution is 2.17. The first kappa shape index (κ1) is 18.1. The molecule has 0 radical (unpaired) electrons. The van der Waals surface area contributed by atoms with E-state index in [1.54, 1.807) is 0 Å². The Balaban J connectivity index is 1.66. The molecule has 0 aromatic carbocycles. The number of hydrogen-bond donors (Lipinski definition) is 0. The van der Waals surface area contributed by atoms with Gasteiger partial charge in [0.25, 0.3) is 0 Å². The molecule has 0 saturated carbocycles. The fourth-order valence-electron chi connectivity index (χ4n) is 3.38. The first-order valence-electron chi connectivity index (χ1n) is 9.36. The predicted octanol–water partition coefficient (Wildman–Crippen LogP) is 3.38. The molecule has 0 amide bonds. The summed E-state index contributed by atoms with van der Waals surface area (Å²) in [7, 11) is 4.00. The Labute approximate surface area is 164 Å². The van der Waals surface area contributed by atoms with Crippen molar-refractivity contribution in [2.24, 2.45) is 0 Å². The molecule has 28 heavy (non-hydrogen) atoms.